The molecule has 9 heteroatoms. The molecule has 4 aromatic rings. The normalized spacial score (nSPS) is 11.1. The molecule has 0 bridgehead atoms. The first-order valence-electron chi connectivity index (χ1n) is 9.26. The van der Waals surface area contributed by atoms with Crippen molar-refractivity contribution in [1.82, 2.24) is 19.6 Å². The lowest BCUT2D eigenvalue weighted by Gasteiger charge is -2.03. The van der Waals surface area contributed by atoms with Gasteiger partial charge < -0.3 is 9.73 Å². The van der Waals surface area contributed by atoms with E-state index >= 15 is 0 Å². The zero-order valence-corrected chi connectivity index (χ0v) is 18.0. The molecule has 0 saturated heterocycles. The van der Waals surface area contributed by atoms with Crippen LogP contribution >= 0.6 is 15.9 Å². The Balaban J connectivity index is 1.40. The summed E-state index contributed by atoms with van der Waals surface area (Å²) in [7, 11) is 0. The van der Waals surface area contributed by atoms with Crippen molar-refractivity contribution in [2.24, 2.45) is 0 Å². The summed E-state index contributed by atoms with van der Waals surface area (Å²) in [6.07, 6.45) is 1.72. The molecule has 3 aromatic heterocycles. The van der Waals surface area contributed by atoms with Crippen LogP contribution in [0.3, 0.4) is 0 Å². The third-order valence-corrected chi connectivity index (χ3v) is 5.75. The number of amides is 1. The first-order chi connectivity index (χ1) is 14.4. The lowest BCUT2D eigenvalue weighted by atomic mass is 10.2. The fourth-order valence-corrected chi connectivity index (χ4v) is 3.36. The smallest absolute Gasteiger partial charge is 0.292 e. The van der Waals surface area contributed by atoms with Crippen molar-refractivity contribution >= 4 is 27.7 Å². The molecule has 30 heavy (non-hydrogen) atoms. The molecule has 154 valence electrons. The topological polar surface area (TPSA) is 77.9 Å². The van der Waals surface area contributed by atoms with E-state index in [-0.39, 0.29) is 11.6 Å². The largest absolute Gasteiger partial charge is 0.454 e. The van der Waals surface area contributed by atoms with Gasteiger partial charge in [-0.25, -0.2) is 4.39 Å². The van der Waals surface area contributed by atoms with Crippen molar-refractivity contribution in [3.05, 3.63) is 87.4 Å². The van der Waals surface area contributed by atoms with Crippen LogP contribution in [0.25, 0.3) is 0 Å². The average Bonchev–Trinajstić information content (AvgIpc) is 3.40. The monoisotopic (exact) mass is 471 g/mol. The molecule has 1 aromatic carbocycles. The number of hydrogen-bond acceptors (Lipinski definition) is 4. The maximum Gasteiger partial charge on any atom is 0.292 e. The fraction of sp³-hybridized carbons (Fsp3) is 0.190. The molecule has 0 atom stereocenters. The van der Waals surface area contributed by atoms with Crippen LogP contribution in [0, 0.1) is 19.7 Å². The Morgan fingerprint density at radius 3 is 2.73 bits per heavy atom. The van der Waals surface area contributed by atoms with Crippen LogP contribution in [0.2, 0.25) is 0 Å². The molecule has 0 fully saturated rings. The van der Waals surface area contributed by atoms with Gasteiger partial charge in [-0.05, 0) is 59.6 Å². The Hall–Kier alpha value is -3.20. The molecule has 0 radical (unpaired) electrons. The molecule has 0 unspecified atom stereocenters. The Kier molecular flexibility index (Phi) is 5.54. The van der Waals surface area contributed by atoms with E-state index in [0.717, 1.165) is 21.4 Å². The second kappa shape index (κ2) is 8.27. The van der Waals surface area contributed by atoms with Gasteiger partial charge in [-0.2, -0.15) is 10.2 Å². The van der Waals surface area contributed by atoms with Gasteiger partial charge in [-0.3, -0.25) is 14.2 Å². The molecule has 4 rings (SSSR count). The van der Waals surface area contributed by atoms with E-state index in [9.17, 15) is 9.18 Å². The number of hydrogen-bond donors (Lipinski definition) is 1. The van der Waals surface area contributed by atoms with Gasteiger partial charge in [-0.1, -0.05) is 12.1 Å². The van der Waals surface area contributed by atoms with Crippen molar-refractivity contribution in [3.63, 3.8) is 0 Å². The highest BCUT2D eigenvalue weighted by atomic mass is 79.9. The van der Waals surface area contributed by atoms with Gasteiger partial charge in [-0.15, -0.1) is 0 Å². The van der Waals surface area contributed by atoms with Crippen molar-refractivity contribution in [2.45, 2.75) is 26.9 Å². The van der Waals surface area contributed by atoms with Crippen LogP contribution < -0.4 is 5.32 Å². The molecule has 1 amide bonds. The van der Waals surface area contributed by atoms with Crippen molar-refractivity contribution in [1.29, 1.82) is 0 Å². The van der Waals surface area contributed by atoms with Crippen molar-refractivity contribution in [3.8, 4) is 0 Å². The van der Waals surface area contributed by atoms with Crippen molar-refractivity contribution < 1.29 is 13.6 Å². The van der Waals surface area contributed by atoms with E-state index in [0.29, 0.717) is 24.7 Å². The van der Waals surface area contributed by atoms with Gasteiger partial charge in [0.15, 0.2) is 11.6 Å². The van der Waals surface area contributed by atoms with Gasteiger partial charge >= 0.3 is 0 Å². The minimum atomic E-state index is -0.396. The van der Waals surface area contributed by atoms with Gasteiger partial charge in [0.25, 0.3) is 5.91 Å². The van der Waals surface area contributed by atoms with Gasteiger partial charge in [0.05, 0.1) is 29.0 Å². The van der Waals surface area contributed by atoms with Crippen LogP contribution in [0.1, 0.15) is 33.3 Å². The zero-order valence-electron chi connectivity index (χ0n) is 16.4. The molecule has 3 heterocycles. The minimum Gasteiger partial charge on any atom is -0.454 e. The number of halogens is 2. The number of furan rings is 1. The number of carbonyl (C=O) groups is 1. The van der Waals surface area contributed by atoms with E-state index < -0.39 is 5.91 Å². The first-order valence-corrected chi connectivity index (χ1v) is 10.1. The molecule has 0 saturated carbocycles. The Morgan fingerprint density at radius 1 is 1.17 bits per heavy atom. The molecule has 0 spiro atoms. The van der Waals surface area contributed by atoms with Crippen LogP contribution in [0.15, 0.2) is 57.6 Å². The number of aryl methyl sites for hydroxylation is 1. The molecule has 0 aliphatic rings. The number of nitrogens with zero attached hydrogens (tertiary/aromatic N) is 4. The Bertz CT molecular complexity index is 1210. The predicted octanol–water partition coefficient (Wildman–Crippen LogP) is 4.54. The number of nitrogens with one attached hydrogen (secondary N) is 1. The second-order valence-corrected chi connectivity index (χ2v) is 7.68. The van der Waals surface area contributed by atoms with Gasteiger partial charge in [0.1, 0.15) is 11.6 Å². The van der Waals surface area contributed by atoms with Gasteiger partial charge in [0, 0.05) is 12.3 Å². The lowest BCUT2D eigenvalue weighted by Crippen LogP contribution is -2.12. The van der Waals surface area contributed by atoms with Crippen LogP contribution in [0.4, 0.5) is 10.2 Å². The first kappa shape index (κ1) is 20.1. The third kappa shape index (κ3) is 4.35. The van der Waals surface area contributed by atoms with E-state index in [2.05, 4.69) is 31.4 Å². The molecule has 1 N–H and O–H groups in total. The quantitative estimate of drug-likeness (QED) is 0.447. The summed E-state index contributed by atoms with van der Waals surface area (Å²) >= 11 is 3.50. The van der Waals surface area contributed by atoms with Gasteiger partial charge in [0.2, 0.25) is 0 Å². The standard InChI is InChI=1S/C21H19BrFN5O2/c1-13-20(22)14(2)28(25-13)12-17-6-7-18(30-17)21(29)24-19-8-9-27(26-19)11-15-4-3-5-16(23)10-15/h3-10H,11-12H2,1-2H3,(H,24,26,29). The third-order valence-electron chi connectivity index (χ3n) is 4.60. The summed E-state index contributed by atoms with van der Waals surface area (Å²) in [5.41, 5.74) is 2.66. The average molecular weight is 472 g/mol. The summed E-state index contributed by atoms with van der Waals surface area (Å²) in [4.78, 5) is 12.5. The van der Waals surface area contributed by atoms with E-state index in [4.69, 9.17) is 4.42 Å². The maximum absolute atomic E-state index is 13.3. The number of aromatic nitrogens is 4. The fourth-order valence-electron chi connectivity index (χ4n) is 3.08. The molecule has 0 aliphatic carbocycles. The molecular weight excluding hydrogens is 453 g/mol. The minimum absolute atomic E-state index is 0.185. The Morgan fingerprint density at radius 2 is 2.00 bits per heavy atom. The van der Waals surface area contributed by atoms with E-state index in [1.807, 2.05) is 24.6 Å². The highest BCUT2D eigenvalue weighted by molar-refractivity contribution is 9.10. The highest BCUT2D eigenvalue weighted by Crippen LogP contribution is 2.21. The second-order valence-electron chi connectivity index (χ2n) is 6.89. The lowest BCUT2D eigenvalue weighted by molar-refractivity contribution is 0.0994. The van der Waals surface area contributed by atoms with Crippen LogP contribution in [-0.2, 0) is 13.1 Å². The number of rotatable bonds is 6. The summed E-state index contributed by atoms with van der Waals surface area (Å²) in [6, 6.07) is 11.4. The van der Waals surface area contributed by atoms with Crippen LogP contribution in [-0.4, -0.2) is 25.5 Å². The highest BCUT2D eigenvalue weighted by Gasteiger charge is 2.15. The summed E-state index contributed by atoms with van der Waals surface area (Å²) in [5.74, 6) is 0.499. The summed E-state index contributed by atoms with van der Waals surface area (Å²) < 4.78 is 23.4. The number of anilines is 1. The molecular formula is C21H19BrFN5O2. The van der Waals surface area contributed by atoms with E-state index in [1.54, 1.807) is 35.1 Å². The van der Waals surface area contributed by atoms with Crippen LogP contribution in [0.5, 0.6) is 0 Å². The molecule has 7 nitrogen and oxygen atoms in total. The SMILES string of the molecule is Cc1nn(Cc2ccc(C(=O)Nc3ccn(Cc4cccc(F)c4)n3)o2)c(C)c1Br. The van der Waals surface area contributed by atoms with Crippen molar-refractivity contribution in [2.75, 3.05) is 5.32 Å². The predicted molar refractivity (Wildman–Crippen MR) is 113 cm³/mol. The number of benzene rings is 1. The maximum atomic E-state index is 13.3. The summed E-state index contributed by atoms with van der Waals surface area (Å²) in [5, 5.41) is 11.5. The van der Waals surface area contributed by atoms with E-state index in [1.165, 1.54) is 12.1 Å². The zero-order chi connectivity index (χ0) is 21.3. The Labute approximate surface area is 180 Å². The number of carbonyl (C=O) groups excluding carboxylic acids is 1. The molecule has 0 aliphatic heterocycles. The summed E-state index contributed by atoms with van der Waals surface area (Å²) in [6.45, 7) is 4.70.